The Bertz CT molecular complexity index is 1210. The van der Waals surface area contributed by atoms with Crippen LogP contribution in [0.2, 0.25) is 5.02 Å². The molecular weight excluding hydrogens is 469 g/mol. The third-order valence-electron chi connectivity index (χ3n) is 4.14. The number of hydrogen-bond acceptors (Lipinski definition) is 4. The number of aromatic nitrogens is 3. The molecule has 0 amide bonds. The van der Waals surface area contributed by atoms with Crippen molar-refractivity contribution in [1.29, 1.82) is 0 Å². The van der Waals surface area contributed by atoms with Crippen LogP contribution < -0.4 is 5.32 Å². The first-order valence-electron chi connectivity index (χ1n) is 8.33. The molecule has 0 bridgehead atoms. The standard InChI is InChI=1S/C20H11BrClF3N4/c21-15-10-27-18(12-3-5-16(22)14(9-12)20(23,24)25)29-19(15)28-13-4-6-17-11(8-13)2-1-7-26-17/h1-10H,(H,27,28,29). The first-order chi connectivity index (χ1) is 13.8. The second kappa shape index (κ2) is 7.61. The van der Waals surface area contributed by atoms with E-state index in [4.69, 9.17) is 11.6 Å². The predicted octanol–water partition coefficient (Wildman–Crippen LogP) is 6.87. The maximum absolute atomic E-state index is 13.2. The Labute approximate surface area is 176 Å². The lowest BCUT2D eigenvalue weighted by Gasteiger charge is -2.12. The second-order valence-electron chi connectivity index (χ2n) is 6.12. The highest BCUT2D eigenvalue weighted by Crippen LogP contribution is 2.37. The van der Waals surface area contributed by atoms with Crippen molar-refractivity contribution in [3.05, 3.63) is 76.0 Å². The first-order valence-corrected chi connectivity index (χ1v) is 9.50. The van der Waals surface area contributed by atoms with E-state index < -0.39 is 11.7 Å². The van der Waals surface area contributed by atoms with Crippen molar-refractivity contribution in [3.8, 4) is 11.4 Å². The minimum Gasteiger partial charge on any atom is -0.339 e. The van der Waals surface area contributed by atoms with Gasteiger partial charge in [-0.15, -0.1) is 0 Å². The molecule has 146 valence electrons. The van der Waals surface area contributed by atoms with E-state index in [1.165, 1.54) is 18.3 Å². The highest BCUT2D eigenvalue weighted by molar-refractivity contribution is 9.10. The molecular formula is C20H11BrClF3N4. The van der Waals surface area contributed by atoms with Crippen molar-refractivity contribution < 1.29 is 13.2 Å². The molecule has 4 nitrogen and oxygen atoms in total. The molecule has 4 rings (SSSR count). The number of rotatable bonds is 3. The lowest BCUT2D eigenvalue weighted by atomic mass is 10.1. The smallest absolute Gasteiger partial charge is 0.339 e. The predicted molar refractivity (Wildman–Crippen MR) is 110 cm³/mol. The van der Waals surface area contributed by atoms with Crippen molar-refractivity contribution >= 4 is 49.9 Å². The van der Waals surface area contributed by atoms with E-state index in [-0.39, 0.29) is 16.4 Å². The SMILES string of the molecule is FC(F)(F)c1cc(-c2ncc(Br)c(Nc3ccc4ncccc4c3)n2)ccc1Cl. The Morgan fingerprint density at radius 3 is 2.62 bits per heavy atom. The number of fused-ring (bicyclic) bond motifs is 1. The largest absolute Gasteiger partial charge is 0.417 e. The van der Waals surface area contributed by atoms with Gasteiger partial charge in [-0.05, 0) is 58.4 Å². The lowest BCUT2D eigenvalue weighted by molar-refractivity contribution is -0.137. The van der Waals surface area contributed by atoms with Gasteiger partial charge >= 0.3 is 6.18 Å². The van der Waals surface area contributed by atoms with Gasteiger partial charge < -0.3 is 5.32 Å². The fourth-order valence-corrected chi connectivity index (χ4v) is 3.28. The molecule has 2 heterocycles. The molecule has 29 heavy (non-hydrogen) atoms. The minimum absolute atomic E-state index is 0.139. The molecule has 0 aliphatic carbocycles. The highest BCUT2D eigenvalue weighted by atomic mass is 79.9. The minimum atomic E-state index is -4.57. The normalized spacial score (nSPS) is 11.6. The van der Waals surface area contributed by atoms with Gasteiger partial charge in [0.25, 0.3) is 0 Å². The van der Waals surface area contributed by atoms with Gasteiger partial charge in [-0.2, -0.15) is 13.2 Å². The summed E-state index contributed by atoms with van der Waals surface area (Å²) in [7, 11) is 0. The number of anilines is 2. The molecule has 1 N–H and O–H groups in total. The summed E-state index contributed by atoms with van der Waals surface area (Å²) in [6, 6.07) is 13.0. The maximum atomic E-state index is 13.2. The number of halogens is 5. The summed E-state index contributed by atoms with van der Waals surface area (Å²) in [6.45, 7) is 0. The van der Waals surface area contributed by atoms with Crippen molar-refractivity contribution in [2.75, 3.05) is 5.32 Å². The van der Waals surface area contributed by atoms with E-state index in [2.05, 4.69) is 36.2 Å². The summed E-state index contributed by atoms with van der Waals surface area (Å²) in [6.07, 6.45) is -1.37. The van der Waals surface area contributed by atoms with Crippen LogP contribution in [0, 0.1) is 0 Å². The number of nitrogens with zero attached hydrogens (tertiary/aromatic N) is 3. The quantitative estimate of drug-likeness (QED) is 0.348. The molecule has 2 aromatic heterocycles. The summed E-state index contributed by atoms with van der Waals surface area (Å²) < 4.78 is 40.0. The second-order valence-corrected chi connectivity index (χ2v) is 7.38. The zero-order chi connectivity index (χ0) is 20.6. The van der Waals surface area contributed by atoms with Crippen LogP contribution in [-0.2, 0) is 6.18 Å². The van der Waals surface area contributed by atoms with Crippen LogP contribution in [0.15, 0.2) is 65.4 Å². The Hall–Kier alpha value is -2.71. The maximum Gasteiger partial charge on any atom is 0.417 e. The van der Waals surface area contributed by atoms with E-state index in [9.17, 15) is 13.2 Å². The molecule has 0 atom stereocenters. The molecule has 0 aliphatic rings. The van der Waals surface area contributed by atoms with Gasteiger partial charge in [-0.1, -0.05) is 17.7 Å². The molecule has 4 aromatic rings. The van der Waals surface area contributed by atoms with Crippen molar-refractivity contribution in [3.63, 3.8) is 0 Å². The summed E-state index contributed by atoms with van der Waals surface area (Å²) in [5, 5.41) is 3.72. The van der Waals surface area contributed by atoms with Crippen LogP contribution >= 0.6 is 27.5 Å². The topological polar surface area (TPSA) is 50.7 Å². The molecule has 2 aromatic carbocycles. The van der Waals surface area contributed by atoms with E-state index in [0.29, 0.717) is 10.3 Å². The van der Waals surface area contributed by atoms with Crippen LogP contribution in [-0.4, -0.2) is 15.0 Å². The number of hydrogen-bond donors (Lipinski definition) is 1. The molecule has 0 spiro atoms. The van der Waals surface area contributed by atoms with Crippen molar-refractivity contribution in [2.45, 2.75) is 6.18 Å². The Morgan fingerprint density at radius 2 is 1.83 bits per heavy atom. The van der Waals surface area contributed by atoms with Crippen LogP contribution in [0.1, 0.15) is 5.56 Å². The fourth-order valence-electron chi connectivity index (χ4n) is 2.77. The molecule has 0 saturated heterocycles. The van der Waals surface area contributed by atoms with Crippen LogP contribution in [0.5, 0.6) is 0 Å². The van der Waals surface area contributed by atoms with Gasteiger partial charge in [0.05, 0.1) is 20.6 Å². The molecule has 0 fully saturated rings. The van der Waals surface area contributed by atoms with Gasteiger partial charge in [0.2, 0.25) is 0 Å². The van der Waals surface area contributed by atoms with Gasteiger partial charge in [-0.3, -0.25) is 4.98 Å². The van der Waals surface area contributed by atoms with E-state index in [1.807, 2.05) is 30.3 Å². The Balaban J connectivity index is 1.71. The van der Waals surface area contributed by atoms with Gasteiger partial charge in [0.15, 0.2) is 5.82 Å². The molecule has 0 saturated carbocycles. The summed E-state index contributed by atoms with van der Waals surface area (Å²) in [5.74, 6) is 0.557. The van der Waals surface area contributed by atoms with E-state index in [0.717, 1.165) is 22.7 Å². The lowest BCUT2D eigenvalue weighted by Crippen LogP contribution is -2.06. The number of pyridine rings is 1. The van der Waals surface area contributed by atoms with Crippen LogP contribution in [0.4, 0.5) is 24.7 Å². The average molecular weight is 480 g/mol. The third kappa shape index (κ3) is 4.18. The molecule has 9 heteroatoms. The van der Waals surface area contributed by atoms with E-state index >= 15 is 0 Å². The Morgan fingerprint density at radius 1 is 1.00 bits per heavy atom. The third-order valence-corrected chi connectivity index (χ3v) is 5.05. The number of nitrogens with one attached hydrogen (secondary N) is 1. The van der Waals surface area contributed by atoms with Crippen molar-refractivity contribution in [2.24, 2.45) is 0 Å². The monoisotopic (exact) mass is 478 g/mol. The van der Waals surface area contributed by atoms with Gasteiger partial charge in [0.1, 0.15) is 5.82 Å². The summed E-state index contributed by atoms with van der Waals surface area (Å²) in [4.78, 5) is 12.8. The van der Waals surface area contributed by atoms with Gasteiger partial charge in [0, 0.05) is 29.0 Å². The molecule has 0 unspecified atom stereocenters. The zero-order valence-electron chi connectivity index (χ0n) is 14.5. The number of alkyl halides is 3. The summed E-state index contributed by atoms with van der Waals surface area (Å²) in [5.41, 5.74) is 0.879. The fraction of sp³-hybridized carbons (Fsp3) is 0.0500. The van der Waals surface area contributed by atoms with Crippen LogP contribution in [0.3, 0.4) is 0 Å². The van der Waals surface area contributed by atoms with E-state index in [1.54, 1.807) is 6.20 Å². The zero-order valence-corrected chi connectivity index (χ0v) is 16.8. The van der Waals surface area contributed by atoms with Crippen molar-refractivity contribution in [1.82, 2.24) is 15.0 Å². The number of benzene rings is 2. The highest BCUT2D eigenvalue weighted by Gasteiger charge is 2.33. The van der Waals surface area contributed by atoms with Gasteiger partial charge in [-0.25, -0.2) is 9.97 Å². The molecule has 0 radical (unpaired) electrons. The first kappa shape index (κ1) is 19.6. The molecule has 0 aliphatic heterocycles. The van der Waals surface area contributed by atoms with Crippen LogP contribution in [0.25, 0.3) is 22.3 Å². The average Bonchev–Trinajstić information content (AvgIpc) is 2.69. The Kier molecular flexibility index (Phi) is 5.14. The summed E-state index contributed by atoms with van der Waals surface area (Å²) >= 11 is 9.06.